The molecule has 1 amide bonds. The number of nitrogens with one attached hydrogen (secondary N) is 2. The van der Waals surface area contributed by atoms with Gasteiger partial charge in [-0.3, -0.25) is 14.4 Å². The zero-order chi connectivity index (χ0) is 26.2. The predicted molar refractivity (Wildman–Crippen MR) is 137 cm³/mol. The standard InChI is InChI=1S/C28H36N4O5/c1-2-36-28(35)20-11-13-32(14-12-20)26-23(25(33)10-9-19-6-3-4-8-24(19)31-26)16-21(17-29)27(34)30-18-22-7-5-15-37-22/h3-4,6,8,16,19-20,22,24,31H,2,5,7,9-15,18H2,1H3,(H,30,34)/b21-16+,26-23+. The summed E-state index contributed by atoms with van der Waals surface area (Å²) in [6.07, 6.45) is 13.5. The highest BCUT2D eigenvalue weighted by Gasteiger charge is 2.33. The van der Waals surface area contributed by atoms with E-state index in [0.29, 0.717) is 69.9 Å². The van der Waals surface area contributed by atoms with E-state index in [4.69, 9.17) is 9.47 Å². The van der Waals surface area contributed by atoms with E-state index in [1.165, 1.54) is 6.08 Å². The van der Waals surface area contributed by atoms with Crippen LogP contribution in [0.25, 0.3) is 0 Å². The van der Waals surface area contributed by atoms with Crippen LogP contribution >= 0.6 is 0 Å². The van der Waals surface area contributed by atoms with E-state index >= 15 is 0 Å². The third kappa shape index (κ3) is 6.69. The summed E-state index contributed by atoms with van der Waals surface area (Å²) >= 11 is 0. The van der Waals surface area contributed by atoms with Crippen molar-refractivity contribution in [2.45, 2.75) is 57.6 Å². The molecule has 3 atom stereocenters. The van der Waals surface area contributed by atoms with E-state index in [-0.39, 0.29) is 41.3 Å². The van der Waals surface area contributed by atoms with Crippen LogP contribution in [0, 0.1) is 23.2 Å². The largest absolute Gasteiger partial charge is 0.466 e. The van der Waals surface area contributed by atoms with Crippen molar-refractivity contribution < 1.29 is 23.9 Å². The smallest absolute Gasteiger partial charge is 0.309 e. The van der Waals surface area contributed by atoms with Gasteiger partial charge in [0.05, 0.1) is 30.2 Å². The molecule has 9 heteroatoms. The Morgan fingerprint density at radius 1 is 1.24 bits per heavy atom. The van der Waals surface area contributed by atoms with E-state index in [1.807, 2.05) is 18.2 Å². The second kappa shape index (κ2) is 12.7. The summed E-state index contributed by atoms with van der Waals surface area (Å²) in [4.78, 5) is 40.6. The number of carbonyl (C=O) groups is 3. The lowest BCUT2D eigenvalue weighted by atomic mass is 9.86. The van der Waals surface area contributed by atoms with Gasteiger partial charge in [-0.2, -0.15) is 5.26 Å². The first-order valence-corrected chi connectivity index (χ1v) is 13.3. The minimum absolute atomic E-state index is 0.0156. The molecule has 9 nitrogen and oxygen atoms in total. The highest BCUT2D eigenvalue weighted by molar-refractivity contribution is 6.04. The second-order valence-corrected chi connectivity index (χ2v) is 9.86. The van der Waals surface area contributed by atoms with Crippen molar-refractivity contribution in [3.05, 3.63) is 47.3 Å². The third-order valence-corrected chi connectivity index (χ3v) is 7.41. The zero-order valence-electron chi connectivity index (χ0n) is 21.4. The molecule has 2 saturated heterocycles. The first kappa shape index (κ1) is 26.7. The van der Waals surface area contributed by atoms with Crippen LogP contribution in [-0.4, -0.2) is 67.6 Å². The first-order valence-electron chi connectivity index (χ1n) is 13.3. The summed E-state index contributed by atoms with van der Waals surface area (Å²) in [6.45, 7) is 4.27. The Morgan fingerprint density at radius 3 is 2.73 bits per heavy atom. The van der Waals surface area contributed by atoms with Crippen molar-refractivity contribution in [2.24, 2.45) is 11.8 Å². The van der Waals surface area contributed by atoms with Gasteiger partial charge in [-0.05, 0) is 45.1 Å². The molecule has 2 N–H and O–H groups in total. The maximum atomic E-state index is 13.4. The van der Waals surface area contributed by atoms with E-state index < -0.39 is 5.91 Å². The number of Topliss-reactive ketones (excluding diaryl/α,β-unsaturated/α-hetero) is 1. The van der Waals surface area contributed by atoms with Crippen LogP contribution in [0.5, 0.6) is 0 Å². The van der Waals surface area contributed by atoms with Crippen molar-refractivity contribution in [3.8, 4) is 6.07 Å². The van der Waals surface area contributed by atoms with Gasteiger partial charge in [0.2, 0.25) is 0 Å². The molecule has 4 aliphatic rings. The van der Waals surface area contributed by atoms with Gasteiger partial charge in [0.15, 0.2) is 5.78 Å². The van der Waals surface area contributed by atoms with Crippen molar-refractivity contribution in [1.29, 1.82) is 5.26 Å². The lowest BCUT2D eigenvalue weighted by molar-refractivity contribution is -0.149. The van der Waals surface area contributed by atoms with Gasteiger partial charge in [-0.1, -0.05) is 24.3 Å². The Bertz CT molecular complexity index is 1040. The minimum atomic E-state index is -0.515. The third-order valence-electron chi connectivity index (χ3n) is 7.41. The van der Waals surface area contributed by atoms with Gasteiger partial charge in [-0.15, -0.1) is 0 Å². The number of fused-ring (bicyclic) bond motifs is 1. The van der Waals surface area contributed by atoms with Gasteiger partial charge in [0.1, 0.15) is 17.5 Å². The maximum Gasteiger partial charge on any atom is 0.309 e. The van der Waals surface area contributed by atoms with Crippen molar-refractivity contribution >= 4 is 17.7 Å². The minimum Gasteiger partial charge on any atom is -0.466 e. The van der Waals surface area contributed by atoms with E-state index in [0.717, 1.165) is 12.8 Å². The molecule has 4 rings (SSSR count). The topological polar surface area (TPSA) is 121 Å². The van der Waals surface area contributed by atoms with Crippen LogP contribution < -0.4 is 10.6 Å². The van der Waals surface area contributed by atoms with Crippen LogP contribution in [0.1, 0.15) is 45.4 Å². The molecular formula is C28H36N4O5. The number of ketones is 1. The average molecular weight is 509 g/mol. The summed E-state index contributed by atoms with van der Waals surface area (Å²) in [5.74, 6) is -0.217. The Labute approximate surface area is 218 Å². The molecule has 0 aromatic rings. The van der Waals surface area contributed by atoms with Gasteiger partial charge in [0.25, 0.3) is 5.91 Å². The van der Waals surface area contributed by atoms with Crippen LogP contribution in [0.15, 0.2) is 47.3 Å². The predicted octanol–water partition coefficient (Wildman–Crippen LogP) is 2.28. The number of allylic oxidation sites excluding steroid dienone is 4. The van der Waals surface area contributed by atoms with E-state index in [9.17, 15) is 19.6 Å². The van der Waals surface area contributed by atoms with Gasteiger partial charge >= 0.3 is 5.97 Å². The fraction of sp³-hybridized carbons (Fsp3) is 0.571. The van der Waals surface area contributed by atoms with Gasteiger partial charge < -0.3 is 25.0 Å². The summed E-state index contributed by atoms with van der Waals surface area (Å²) in [5, 5.41) is 16.1. The molecule has 3 aliphatic heterocycles. The van der Waals surface area contributed by atoms with Crippen LogP contribution in [-0.2, 0) is 23.9 Å². The van der Waals surface area contributed by atoms with E-state index in [2.05, 4.69) is 27.7 Å². The lowest BCUT2D eigenvalue weighted by Gasteiger charge is -2.39. The first-order chi connectivity index (χ1) is 18.0. The van der Waals surface area contributed by atoms with Crippen LogP contribution in [0.2, 0.25) is 0 Å². The Morgan fingerprint density at radius 2 is 2.03 bits per heavy atom. The number of carbonyl (C=O) groups excluding carboxylic acids is 3. The normalized spacial score (nSPS) is 28.5. The van der Waals surface area contributed by atoms with Gasteiger partial charge in [-0.25, -0.2) is 0 Å². The monoisotopic (exact) mass is 508 g/mol. The molecule has 1 aliphatic carbocycles. The highest BCUT2D eigenvalue weighted by atomic mass is 16.5. The Hall–Kier alpha value is -3.38. The summed E-state index contributed by atoms with van der Waals surface area (Å²) in [5.41, 5.74) is 0.220. The molecule has 3 unspecified atom stereocenters. The highest BCUT2D eigenvalue weighted by Crippen LogP contribution is 2.29. The average Bonchev–Trinajstić information content (AvgIpc) is 3.44. The molecule has 0 spiro atoms. The zero-order valence-corrected chi connectivity index (χ0v) is 21.4. The van der Waals surface area contributed by atoms with Crippen molar-refractivity contribution in [2.75, 3.05) is 32.8 Å². The molecular weight excluding hydrogens is 472 g/mol. The quantitative estimate of drug-likeness (QED) is 0.305. The van der Waals surface area contributed by atoms with Gasteiger partial charge in [0, 0.05) is 38.6 Å². The molecule has 37 heavy (non-hydrogen) atoms. The molecule has 0 aromatic carbocycles. The summed E-state index contributed by atoms with van der Waals surface area (Å²) in [7, 11) is 0. The molecule has 0 radical (unpaired) electrons. The van der Waals surface area contributed by atoms with Crippen LogP contribution in [0.3, 0.4) is 0 Å². The van der Waals surface area contributed by atoms with Crippen molar-refractivity contribution in [3.63, 3.8) is 0 Å². The fourth-order valence-corrected chi connectivity index (χ4v) is 5.29. The Kier molecular flexibility index (Phi) is 9.18. The fourth-order valence-electron chi connectivity index (χ4n) is 5.29. The molecule has 198 valence electrons. The lowest BCUT2D eigenvalue weighted by Crippen LogP contribution is -2.46. The number of amides is 1. The number of ether oxygens (including phenoxy) is 2. The Balaban J connectivity index is 1.61. The molecule has 2 fully saturated rings. The summed E-state index contributed by atoms with van der Waals surface area (Å²) < 4.78 is 10.8. The summed E-state index contributed by atoms with van der Waals surface area (Å²) in [6, 6.07) is 1.97. The molecule has 3 heterocycles. The van der Waals surface area contributed by atoms with Crippen LogP contribution in [0.4, 0.5) is 0 Å². The number of likely N-dealkylation sites (tertiary alicyclic amines) is 1. The number of nitriles is 1. The SMILES string of the molecule is CCOC(=O)C1CCN(/C2=C(\C=C(/C#N)C(=O)NCC3CCCO3)C(=O)CCC3C=CC=CC3N2)CC1. The molecule has 0 bridgehead atoms. The molecule has 0 saturated carbocycles. The number of hydrogen-bond acceptors (Lipinski definition) is 8. The maximum absolute atomic E-state index is 13.4. The number of rotatable bonds is 7. The number of piperidine rings is 1. The number of esters is 1. The van der Waals surface area contributed by atoms with E-state index in [1.54, 1.807) is 6.92 Å². The van der Waals surface area contributed by atoms with Crippen molar-refractivity contribution in [1.82, 2.24) is 15.5 Å². The molecule has 0 aromatic heterocycles. The number of nitrogens with zero attached hydrogens (tertiary/aromatic N) is 2. The second-order valence-electron chi connectivity index (χ2n) is 9.86. The number of hydrogen-bond donors (Lipinski definition) is 2.